The van der Waals surface area contributed by atoms with Crippen molar-refractivity contribution < 1.29 is 0 Å². The molecule has 0 aliphatic heterocycles. The van der Waals surface area contributed by atoms with E-state index in [0.29, 0.717) is 0 Å². The summed E-state index contributed by atoms with van der Waals surface area (Å²) in [6.45, 7) is 0. The number of allylic oxidation sites excluding steroid dienone is 8. The molecule has 0 N–H and O–H groups in total. The van der Waals surface area contributed by atoms with E-state index in [-0.39, 0.29) is 0 Å². The van der Waals surface area contributed by atoms with Crippen LogP contribution in [-0.4, -0.2) is 0 Å². The van der Waals surface area contributed by atoms with Gasteiger partial charge in [-0.15, -0.1) is 0 Å². The van der Waals surface area contributed by atoms with Crippen molar-refractivity contribution in [1.29, 1.82) is 0 Å². The lowest BCUT2D eigenvalue weighted by Crippen LogP contribution is -1.71. The molecule has 0 unspecified atom stereocenters. The molecule has 0 aromatic rings. The Labute approximate surface area is 81.4 Å². The van der Waals surface area contributed by atoms with Crippen molar-refractivity contribution in [3.63, 3.8) is 0 Å². The zero-order valence-corrected chi connectivity index (χ0v) is 8.08. The lowest BCUT2D eigenvalue weighted by Gasteiger charge is -1.91. The molecule has 1 radical (unpaired) electrons. The lowest BCUT2D eigenvalue weighted by atomic mass is 10.2. The minimum Gasteiger partial charge on any atom is -0.0845 e. The van der Waals surface area contributed by atoms with E-state index in [1.807, 2.05) is 6.08 Å². The molecule has 0 atom stereocenters. The average Bonchev–Trinajstić information content (AvgIpc) is 2.18. The van der Waals surface area contributed by atoms with Crippen LogP contribution in [0.5, 0.6) is 0 Å². The minimum atomic E-state index is 0.981. The van der Waals surface area contributed by atoms with Crippen LogP contribution in [0.25, 0.3) is 0 Å². The van der Waals surface area contributed by atoms with Crippen molar-refractivity contribution in [2.45, 2.75) is 32.1 Å². The molecule has 0 saturated carbocycles. The highest BCUT2D eigenvalue weighted by Gasteiger charge is 1.82. The largest absolute Gasteiger partial charge is 0.0845 e. The summed E-state index contributed by atoms with van der Waals surface area (Å²) in [5.74, 6) is 0. The van der Waals surface area contributed by atoms with Crippen LogP contribution in [0.2, 0.25) is 0 Å². The van der Waals surface area contributed by atoms with Crippen LogP contribution in [-0.2, 0) is 0 Å². The van der Waals surface area contributed by atoms with E-state index in [1.165, 1.54) is 25.7 Å². The molecule has 1 rings (SSSR count). The molecule has 0 amide bonds. The zero-order valence-electron chi connectivity index (χ0n) is 8.08. The van der Waals surface area contributed by atoms with Crippen molar-refractivity contribution >= 4 is 0 Å². The standard InChI is InChI=1S/C13H17/c1-2-4-6-8-10-12-13-11-9-7-5-3-1/h1-4,7,11,13H,5-6,8,10,12H2/b3-1+,4-2-,9-7?,13-11+. The Balaban J connectivity index is 2.38. The van der Waals surface area contributed by atoms with E-state index in [1.54, 1.807) is 0 Å². The molecular weight excluding hydrogens is 156 g/mol. The molecule has 0 aromatic heterocycles. The summed E-state index contributed by atoms with van der Waals surface area (Å²) in [6.07, 6.45) is 24.0. The maximum Gasteiger partial charge on any atom is -0.0157 e. The summed E-state index contributed by atoms with van der Waals surface area (Å²) in [4.78, 5) is 0. The van der Waals surface area contributed by atoms with Gasteiger partial charge in [-0.25, -0.2) is 0 Å². The monoisotopic (exact) mass is 173 g/mol. The van der Waals surface area contributed by atoms with Gasteiger partial charge >= 0.3 is 0 Å². The van der Waals surface area contributed by atoms with E-state index in [2.05, 4.69) is 42.5 Å². The van der Waals surface area contributed by atoms with Gasteiger partial charge in [-0.05, 0) is 38.2 Å². The molecule has 0 aromatic carbocycles. The highest BCUT2D eigenvalue weighted by Crippen LogP contribution is 2.02. The molecule has 0 bridgehead atoms. The van der Waals surface area contributed by atoms with Gasteiger partial charge in [-0.2, -0.15) is 0 Å². The number of hydrogen-bond donors (Lipinski definition) is 0. The van der Waals surface area contributed by atoms with E-state index >= 15 is 0 Å². The van der Waals surface area contributed by atoms with Crippen molar-refractivity contribution in [1.82, 2.24) is 0 Å². The number of hydrogen-bond acceptors (Lipinski definition) is 0. The van der Waals surface area contributed by atoms with Gasteiger partial charge in [0.25, 0.3) is 0 Å². The predicted molar refractivity (Wildman–Crippen MR) is 58.3 cm³/mol. The van der Waals surface area contributed by atoms with Crippen LogP contribution < -0.4 is 0 Å². The van der Waals surface area contributed by atoms with E-state index in [4.69, 9.17) is 0 Å². The smallest absolute Gasteiger partial charge is 0.0157 e. The van der Waals surface area contributed by atoms with Gasteiger partial charge in [0.2, 0.25) is 0 Å². The first-order valence-corrected chi connectivity index (χ1v) is 5.04. The van der Waals surface area contributed by atoms with Gasteiger partial charge in [-0.3, -0.25) is 0 Å². The number of rotatable bonds is 0. The Morgan fingerprint density at radius 2 is 1.62 bits per heavy atom. The molecule has 0 spiro atoms. The van der Waals surface area contributed by atoms with Gasteiger partial charge in [-0.1, -0.05) is 42.5 Å². The van der Waals surface area contributed by atoms with Crippen molar-refractivity contribution in [2.24, 2.45) is 0 Å². The predicted octanol–water partition coefficient (Wildman–Crippen LogP) is 3.98. The second-order valence-electron chi connectivity index (χ2n) is 3.15. The first-order valence-electron chi connectivity index (χ1n) is 5.04. The molecule has 0 heteroatoms. The summed E-state index contributed by atoms with van der Waals surface area (Å²) in [5.41, 5.74) is 0. The second kappa shape index (κ2) is 7.60. The Bertz CT molecular complexity index is 192. The van der Waals surface area contributed by atoms with Crippen LogP contribution in [0.1, 0.15) is 32.1 Å². The van der Waals surface area contributed by atoms with Crippen LogP contribution in [0.15, 0.2) is 42.5 Å². The molecule has 1 aliphatic carbocycles. The molecular formula is C13H17. The lowest BCUT2D eigenvalue weighted by molar-refractivity contribution is 0.762. The third-order valence-electron chi connectivity index (χ3n) is 1.96. The van der Waals surface area contributed by atoms with Gasteiger partial charge in [0.05, 0.1) is 0 Å². The molecule has 13 heavy (non-hydrogen) atoms. The minimum absolute atomic E-state index is 0.981. The maximum atomic E-state index is 3.14. The molecule has 0 heterocycles. The fraction of sp³-hybridized carbons (Fsp3) is 0.385. The van der Waals surface area contributed by atoms with Gasteiger partial charge < -0.3 is 0 Å². The molecule has 0 nitrogen and oxygen atoms in total. The SMILES string of the molecule is [C]1=C/C/C=C/C=C\CCCC/C=C/1. The molecule has 0 saturated heterocycles. The van der Waals surface area contributed by atoms with E-state index in [9.17, 15) is 0 Å². The summed E-state index contributed by atoms with van der Waals surface area (Å²) in [7, 11) is 0. The first kappa shape index (κ1) is 10.0. The van der Waals surface area contributed by atoms with Crippen molar-refractivity contribution in [3.05, 3.63) is 48.6 Å². The topological polar surface area (TPSA) is 0 Å². The highest BCUT2D eigenvalue weighted by atomic mass is 13.9. The third-order valence-corrected chi connectivity index (χ3v) is 1.96. The average molecular weight is 173 g/mol. The quantitative estimate of drug-likeness (QED) is 0.520. The van der Waals surface area contributed by atoms with Gasteiger partial charge in [0.15, 0.2) is 0 Å². The Hall–Kier alpha value is -1.04. The van der Waals surface area contributed by atoms with Crippen LogP contribution in [0.4, 0.5) is 0 Å². The fourth-order valence-corrected chi connectivity index (χ4v) is 1.21. The zero-order chi connectivity index (χ0) is 9.19. The Morgan fingerprint density at radius 1 is 0.846 bits per heavy atom. The van der Waals surface area contributed by atoms with Crippen molar-refractivity contribution in [2.75, 3.05) is 0 Å². The molecule has 0 fully saturated rings. The fourth-order valence-electron chi connectivity index (χ4n) is 1.21. The Kier molecular flexibility index (Phi) is 5.87. The summed E-state index contributed by atoms with van der Waals surface area (Å²) in [5, 5.41) is 0. The highest BCUT2D eigenvalue weighted by molar-refractivity contribution is 5.06. The van der Waals surface area contributed by atoms with Gasteiger partial charge in [0.1, 0.15) is 0 Å². The van der Waals surface area contributed by atoms with Crippen molar-refractivity contribution in [3.8, 4) is 0 Å². The summed E-state index contributed by atoms with van der Waals surface area (Å²) < 4.78 is 0. The third kappa shape index (κ3) is 6.15. The van der Waals surface area contributed by atoms with Crippen LogP contribution >= 0.6 is 0 Å². The maximum absolute atomic E-state index is 3.14. The van der Waals surface area contributed by atoms with Crippen LogP contribution in [0, 0.1) is 6.08 Å². The second-order valence-corrected chi connectivity index (χ2v) is 3.15. The molecule has 69 valence electrons. The van der Waals surface area contributed by atoms with Crippen LogP contribution in [0.3, 0.4) is 0 Å². The van der Waals surface area contributed by atoms with E-state index in [0.717, 1.165) is 6.42 Å². The summed E-state index contributed by atoms with van der Waals surface area (Å²) >= 11 is 0. The molecule has 1 aliphatic rings. The normalized spacial score (nSPS) is 28.9. The van der Waals surface area contributed by atoms with E-state index < -0.39 is 0 Å². The summed E-state index contributed by atoms with van der Waals surface area (Å²) in [6, 6.07) is 0. The first-order chi connectivity index (χ1) is 6.50. The Morgan fingerprint density at radius 3 is 2.54 bits per heavy atom. The van der Waals surface area contributed by atoms with Gasteiger partial charge in [0, 0.05) is 0 Å².